The molecule has 1 aliphatic rings. The van der Waals surface area contributed by atoms with Gasteiger partial charge in [0.15, 0.2) is 0 Å². The van der Waals surface area contributed by atoms with Gasteiger partial charge in [-0.25, -0.2) is 0 Å². The number of nitrogens with zero attached hydrogens (tertiary/aromatic N) is 2. The van der Waals surface area contributed by atoms with E-state index in [1.165, 1.54) is 0 Å². The standard InChI is InChI=1S/C22H29N3O3/c1-16(26)24-22(20-6-4-5-11-23-20)17-9-12-25(13-10-17)15-18-7-8-19(27-2)14-21(18)28-3/h4-8,11,14,17,22H,9-10,12-13,15H2,1-3H3,(H,24,26). The van der Waals surface area contributed by atoms with Gasteiger partial charge in [-0.2, -0.15) is 0 Å². The van der Waals surface area contributed by atoms with Gasteiger partial charge in [0.1, 0.15) is 11.5 Å². The van der Waals surface area contributed by atoms with E-state index in [0.717, 1.165) is 55.2 Å². The summed E-state index contributed by atoms with van der Waals surface area (Å²) in [5, 5.41) is 3.11. The van der Waals surface area contributed by atoms with Crippen molar-refractivity contribution >= 4 is 5.91 Å². The van der Waals surface area contributed by atoms with E-state index in [1.807, 2.05) is 30.3 Å². The predicted molar refractivity (Wildman–Crippen MR) is 108 cm³/mol. The summed E-state index contributed by atoms with van der Waals surface area (Å²) in [5.41, 5.74) is 2.10. The van der Waals surface area contributed by atoms with Gasteiger partial charge < -0.3 is 14.8 Å². The number of nitrogens with one attached hydrogen (secondary N) is 1. The minimum absolute atomic E-state index is 0.0129. The molecule has 0 radical (unpaired) electrons. The Morgan fingerprint density at radius 3 is 2.61 bits per heavy atom. The first-order chi connectivity index (χ1) is 13.6. The van der Waals surface area contributed by atoms with Gasteiger partial charge in [0.25, 0.3) is 0 Å². The number of rotatable bonds is 7. The zero-order valence-electron chi connectivity index (χ0n) is 16.9. The number of hydrogen-bond donors (Lipinski definition) is 1. The molecular weight excluding hydrogens is 354 g/mol. The second-order valence-electron chi connectivity index (χ2n) is 7.22. The highest BCUT2D eigenvalue weighted by Crippen LogP contribution is 2.32. The molecule has 1 saturated heterocycles. The van der Waals surface area contributed by atoms with Crippen molar-refractivity contribution in [3.05, 3.63) is 53.9 Å². The monoisotopic (exact) mass is 383 g/mol. The van der Waals surface area contributed by atoms with E-state index in [2.05, 4.69) is 21.3 Å². The number of pyridine rings is 1. The average Bonchev–Trinajstić information content (AvgIpc) is 2.73. The van der Waals surface area contributed by atoms with Crippen molar-refractivity contribution in [1.29, 1.82) is 0 Å². The molecule has 150 valence electrons. The Kier molecular flexibility index (Phi) is 6.87. The molecule has 6 heteroatoms. The summed E-state index contributed by atoms with van der Waals surface area (Å²) in [4.78, 5) is 18.6. The highest BCUT2D eigenvalue weighted by Gasteiger charge is 2.29. The molecule has 28 heavy (non-hydrogen) atoms. The number of carbonyl (C=O) groups is 1. The van der Waals surface area contributed by atoms with Gasteiger partial charge in [-0.3, -0.25) is 14.7 Å². The van der Waals surface area contributed by atoms with Crippen LogP contribution in [0.4, 0.5) is 0 Å². The second kappa shape index (κ2) is 9.55. The lowest BCUT2D eigenvalue weighted by atomic mass is 9.87. The number of ether oxygens (including phenoxy) is 2. The molecule has 1 aromatic carbocycles. The average molecular weight is 383 g/mol. The lowest BCUT2D eigenvalue weighted by molar-refractivity contribution is -0.120. The van der Waals surface area contributed by atoms with Crippen LogP contribution in [-0.2, 0) is 11.3 Å². The smallest absolute Gasteiger partial charge is 0.217 e. The van der Waals surface area contributed by atoms with Crippen LogP contribution in [0.5, 0.6) is 11.5 Å². The van der Waals surface area contributed by atoms with Crippen LogP contribution in [0.3, 0.4) is 0 Å². The molecule has 1 aliphatic heterocycles. The summed E-state index contributed by atoms with van der Waals surface area (Å²) >= 11 is 0. The van der Waals surface area contributed by atoms with Gasteiger partial charge in [-0.1, -0.05) is 12.1 Å². The first kappa shape index (κ1) is 20.1. The molecule has 6 nitrogen and oxygen atoms in total. The topological polar surface area (TPSA) is 63.7 Å². The Morgan fingerprint density at radius 1 is 1.21 bits per heavy atom. The largest absolute Gasteiger partial charge is 0.497 e. The van der Waals surface area contributed by atoms with E-state index >= 15 is 0 Å². The third kappa shape index (κ3) is 5.01. The van der Waals surface area contributed by atoms with Crippen LogP contribution in [0.25, 0.3) is 0 Å². The minimum atomic E-state index is -0.0311. The van der Waals surface area contributed by atoms with Gasteiger partial charge in [-0.05, 0) is 50.0 Å². The molecule has 1 amide bonds. The summed E-state index contributed by atoms with van der Waals surface area (Å²) in [6, 6.07) is 11.8. The van der Waals surface area contributed by atoms with Crippen LogP contribution >= 0.6 is 0 Å². The number of hydrogen-bond acceptors (Lipinski definition) is 5. The number of amides is 1. The van der Waals surface area contributed by atoms with E-state index in [9.17, 15) is 4.79 Å². The SMILES string of the molecule is COc1ccc(CN2CCC(C(NC(C)=O)c3ccccn3)CC2)c(OC)c1. The van der Waals surface area contributed by atoms with E-state index in [0.29, 0.717) is 5.92 Å². The normalized spacial score (nSPS) is 16.4. The molecule has 1 N–H and O–H groups in total. The molecular formula is C22H29N3O3. The lowest BCUT2D eigenvalue weighted by Crippen LogP contribution is -2.40. The zero-order chi connectivity index (χ0) is 19.9. The van der Waals surface area contributed by atoms with E-state index in [1.54, 1.807) is 27.3 Å². The molecule has 0 aliphatic carbocycles. The Hall–Kier alpha value is -2.60. The van der Waals surface area contributed by atoms with E-state index in [-0.39, 0.29) is 11.9 Å². The third-order valence-electron chi connectivity index (χ3n) is 5.36. The van der Waals surface area contributed by atoms with E-state index < -0.39 is 0 Å². The van der Waals surface area contributed by atoms with E-state index in [4.69, 9.17) is 9.47 Å². The lowest BCUT2D eigenvalue weighted by Gasteiger charge is -2.36. The number of carbonyl (C=O) groups excluding carboxylic acids is 1. The molecule has 2 heterocycles. The number of benzene rings is 1. The molecule has 1 atom stereocenters. The summed E-state index contributed by atoms with van der Waals surface area (Å²) in [7, 11) is 3.35. The summed E-state index contributed by atoms with van der Waals surface area (Å²) in [6.45, 7) is 4.36. The maximum absolute atomic E-state index is 11.7. The number of aromatic nitrogens is 1. The van der Waals surface area contributed by atoms with Crippen molar-refractivity contribution in [2.24, 2.45) is 5.92 Å². The molecule has 1 fully saturated rings. The molecule has 0 spiro atoms. The molecule has 0 bridgehead atoms. The minimum Gasteiger partial charge on any atom is -0.497 e. The maximum Gasteiger partial charge on any atom is 0.217 e. The first-order valence-corrected chi connectivity index (χ1v) is 9.72. The highest BCUT2D eigenvalue weighted by molar-refractivity contribution is 5.73. The second-order valence-corrected chi connectivity index (χ2v) is 7.22. The fourth-order valence-corrected chi connectivity index (χ4v) is 3.88. The molecule has 1 aromatic heterocycles. The highest BCUT2D eigenvalue weighted by atomic mass is 16.5. The fraction of sp³-hybridized carbons (Fsp3) is 0.455. The predicted octanol–water partition coefficient (Wildman–Crippen LogP) is 3.19. The Balaban J connectivity index is 1.64. The van der Waals surface area contributed by atoms with Crippen molar-refractivity contribution in [2.45, 2.75) is 32.4 Å². The number of likely N-dealkylation sites (tertiary alicyclic amines) is 1. The molecule has 0 saturated carbocycles. The molecule has 3 rings (SSSR count). The van der Waals surface area contributed by atoms with Crippen molar-refractivity contribution in [3.8, 4) is 11.5 Å². The number of piperidine rings is 1. The van der Waals surface area contributed by atoms with Crippen LogP contribution in [0.15, 0.2) is 42.6 Å². The third-order valence-corrected chi connectivity index (χ3v) is 5.36. The summed E-state index contributed by atoms with van der Waals surface area (Å²) in [6.07, 6.45) is 3.81. The quantitative estimate of drug-likeness (QED) is 0.796. The van der Waals surface area contributed by atoms with Crippen LogP contribution in [0.1, 0.15) is 37.1 Å². The summed E-state index contributed by atoms with van der Waals surface area (Å²) in [5.74, 6) is 2.02. The van der Waals surface area contributed by atoms with Gasteiger partial charge >= 0.3 is 0 Å². The van der Waals surface area contributed by atoms with Gasteiger partial charge in [0.2, 0.25) is 5.91 Å². The summed E-state index contributed by atoms with van der Waals surface area (Å²) < 4.78 is 10.8. The first-order valence-electron chi connectivity index (χ1n) is 9.72. The van der Waals surface area contributed by atoms with Crippen LogP contribution < -0.4 is 14.8 Å². The molecule has 2 aromatic rings. The van der Waals surface area contributed by atoms with Gasteiger partial charge in [0.05, 0.1) is 26.0 Å². The Bertz CT molecular complexity index is 774. The Labute approximate surface area is 166 Å². The van der Waals surface area contributed by atoms with Gasteiger partial charge in [0, 0.05) is 31.3 Å². The van der Waals surface area contributed by atoms with Crippen molar-refractivity contribution < 1.29 is 14.3 Å². The Morgan fingerprint density at radius 2 is 2.00 bits per heavy atom. The fourth-order valence-electron chi connectivity index (χ4n) is 3.88. The van der Waals surface area contributed by atoms with Crippen LogP contribution in [0, 0.1) is 5.92 Å². The van der Waals surface area contributed by atoms with Crippen LogP contribution in [0.2, 0.25) is 0 Å². The van der Waals surface area contributed by atoms with Crippen molar-refractivity contribution in [3.63, 3.8) is 0 Å². The van der Waals surface area contributed by atoms with Gasteiger partial charge in [-0.15, -0.1) is 0 Å². The molecule has 1 unspecified atom stereocenters. The zero-order valence-corrected chi connectivity index (χ0v) is 16.9. The van der Waals surface area contributed by atoms with Crippen molar-refractivity contribution in [2.75, 3.05) is 27.3 Å². The van der Waals surface area contributed by atoms with Crippen molar-refractivity contribution in [1.82, 2.24) is 15.2 Å². The maximum atomic E-state index is 11.7. The van der Waals surface area contributed by atoms with Crippen LogP contribution in [-0.4, -0.2) is 43.1 Å². The number of methoxy groups -OCH3 is 2.